The SMILES string of the molecule is CC[C@@]1(O[Si](C)(C)C)C(=O)OCc2c1cc1n(c2=O)Cc2c-1nc1cc3c(cc1c2Cn1ccnc1)OCCO3. The number of benzene rings is 1. The fourth-order valence-corrected chi connectivity index (χ4v) is 7.51. The molecule has 4 aromatic rings. The van der Waals surface area contributed by atoms with Crippen molar-refractivity contribution in [2.24, 2.45) is 0 Å². The molecule has 6 heterocycles. The van der Waals surface area contributed by atoms with Crippen molar-refractivity contribution in [2.45, 2.75) is 58.3 Å². The number of nitrogens with zero attached hydrogens (tertiary/aromatic N) is 4. The maximum atomic E-state index is 14.0. The molecule has 3 aromatic heterocycles. The third-order valence-electron chi connectivity index (χ3n) is 7.82. The number of hydrogen-bond donors (Lipinski definition) is 0. The Balaban J connectivity index is 1.49. The van der Waals surface area contributed by atoms with Gasteiger partial charge in [0.05, 0.1) is 35.3 Å². The molecule has 10 nitrogen and oxygen atoms in total. The Morgan fingerprint density at radius 2 is 1.82 bits per heavy atom. The predicted octanol–water partition coefficient (Wildman–Crippen LogP) is 3.95. The maximum Gasteiger partial charge on any atom is 0.342 e. The number of ether oxygens (including phenoxy) is 3. The lowest BCUT2D eigenvalue weighted by Gasteiger charge is -2.40. The van der Waals surface area contributed by atoms with E-state index < -0.39 is 19.9 Å². The van der Waals surface area contributed by atoms with Gasteiger partial charge in [0, 0.05) is 41.5 Å². The Kier molecular flexibility index (Phi) is 5.49. The van der Waals surface area contributed by atoms with E-state index in [1.54, 1.807) is 17.1 Å². The van der Waals surface area contributed by atoms with Crippen LogP contribution >= 0.6 is 0 Å². The van der Waals surface area contributed by atoms with Crippen molar-refractivity contribution < 1.29 is 23.4 Å². The summed E-state index contributed by atoms with van der Waals surface area (Å²) in [5.74, 6) is 0.892. The van der Waals surface area contributed by atoms with E-state index in [0.29, 0.717) is 61.0 Å². The van der Waals surface area contributed by atoms with Gasteiger partial charge in [0.1, 0.15) is 19.8 Å². The van der Waals surface area contributed by atoms with Gasteiger partial charge in [0.2, 0.25) is 0 Å². The minimum atomic E-state index is -2.22. The number of carbonyl (C=O) groups is 1. The zero-order valence-corrected chi connectivity index (χ0v) is 23.9. The van der Waals surface area contributed by atoms with Gasteiger partial charge in [-0.15, -0.1) is 0 Å². The normalized spacial score (nSPS) is 19.2. The quantitative estimate of drug-likeness (QED) is 0.236. The number of cyclic esters (lactones) is 1. The molecule has 3 aliphatic heterocycles. The molecule has 0 unspecified atom stereocenters. The van der Waals surface area contributed by atoms with Gasteiger partial charge in [-0.05, 0) is 43.8 Å². The van der Waals surface area contributed by atoms with Gasteiger partial charge in [-0.25, -0.2) is 14.8 Å². The van der Waals surface area contributed by atoms with E-state index in [0.717, 1.165) is 27.7 Å². The molecule has 3 aliphatic rings. The second kappa shape index (κ2) is 8.77. The van der Waals surface area contributed by atoms with Gasteiger partial charge in [-0.2, -0.15) is 0 Å². The lowest BCUT2D eigenvalue weighted by molar-refractivity contribution is -0.169. The van der Waals surface area contributed by atoms with Crippen LogP contribution in [-0.2, 0) is 39.3 Å². The third kappa shape index (κ3) is 3.71. The Morgan fingerprint density at radius 3 is 2.52 bits per heavy atom. The minimum absolute atomic E-state index is 0.0703. The number of carbonyl (C=O) groups excluding carboxylic acids is 1. The zero-order chi connectivity index (χ0) is 27.8. The van der Waals surface area contributed by atoms with Crippen molar-refractivity contribution in [3.05, 3.63) is 69.5 Å². The molecule has 0 N–H and O–H groups in total. The highest BCUT2D eigenvalue weighted by Gasteiger charge is 2.50. The summed E-state index contributed by atoms with van der Waals surface area (Å²) in [4.78, 5) is 36.6. The Bertz CT molecular complexity index is 1760. The van der Waals surface area contributed by atoms with Crippen LogP contribution in [0.3, 0.4) is 0 Å². The molecule has 0 saturated carbocycles. The maximum absolute atomic E-state index is 14.0. The van der Waals surface area contributed by atoms with Crippen LogP contribution in [0, 0.1) is 0 Å². The van der Waals surface area contributed by atoms with E-state index in [9.17, 15) is 9.59 Å². The van der Waals surface area contributed by atoms with Crippen molar-refractivity contribution in [3.63, 3.8) is 0 Å². The van der Waals surface area contributed by atoms with Gasteiger partial charge in [-0.3, -0.25) is 4.79 Å². The van der Waals surface area contributed by atoms with E-state index in [1.165, 1.54) is 0 Å². The van der Waals surface area contributed by atoms with Crippen molar-refractivity contribution in [1.82, 2.24) is 19.1 Å². The Hall–Kier alpha value is -3.96. The third-order valence-corrected chi connectivity index (χ3v) is 8.78. The first-order chi connectivity index (χ1) is 19.2. The van der Waals surface area contributed by atoms with Crippen LogP contribution in [0.25, 0.3) is 22.3 Å². The summed E-state index contributed by atoms with van der Waals surface area (Å²) in [6.45, 7) is 9.79. The smallest absolute Gasteiger partial charge is 0.342 e. The zero-order valence-electron chi connectivity index (χ0n) is 22.9. The van der Waals surface area contributed by atoms with Crippen LogP contribution in [0.1, 0.15) is 35.6 Å². The first-order valence-corrected chi connectivity index (χ1v) is 16.9. The number of imidazole rings is 1. The van der Waals surface area contributed by atoms with Crippen LogP contribution in [0.2, 0.25) is 19.6 Å². The Morgan fingerprint density at radius 1 is 1.05 bits per heavy atom. The van der Waals surface area contributed by atoms with Crippen LogP contribution in [-0.4, -0.2) is 46.6 Å². The molecule has 0 bridgehead atoms. The topological polar surface area (TPSA) is 107 Å². The molecular formula is C29H30N4O6Si. The summed E-state index contributed by atoms with van der Waals surface area (Å²) < 4.78 is 27.6. The standard InChI is InChI=1S/C29H30N4O6Si/c1-5-29(39-40(2,3)4)21-11-23-26-19(14-33(23)27(34)20(21)15-38-28(29)35)18(13-32-7-6-30-16-32)17-10-24-25(12-22(17)31-26)37-9-8-36-24/h6-7,10-12,16H,5,8-9,13-15H2,1-4H3/t29-/m0/s1. The van der Waals surface area contributed by atoms with Crippen molar-refractivity contribution in [3.8, 4) is 22.9 Å². The summed E-state index contributed by atoms with van der Waals surface area (Å²) in [5, 5.41) is 0.936. The number of rotatable bonds is 5. The summed E-state index contributed by atoms with van der Waals surface area (Å²) >= 11 is 0. The predicted molar refractivity (Wildman–Crippen MR) is 149 cm³/mol. The number of fused-ring (bicyclic) bond motifs is 6. The fraction of sp³-hybridized carbons (Fsp3) is 0.379. The molecule has 0 radical (unpaired) electrons. The van der Waals surface area contributed by atoms with Crippen LogP contribution < -0.4 is 15.0 Å². The highest BCUT2D eigenvalue weighted by atomic mass is 28.4. The summed E-state index contributed by atoms with van der Waals surface area (Å²) in [5.41, 5.74) is 3.68. The monoisotopic (exact) mass is 558 g/mol. The lowest BCUT2D eigenvalue weighted by atomic mass is 9.86. The van der Waals surface area contributed by atoms with E-state index in [1.807, 2.05) is 55.5 Å². The Labute approximate surface area is 231 Å². The van der Waals surface area contributed by atoms with Gasteiger partial charge in [-0.1, -0.05) is 6.92 Å². The first-order valence-electron chi connectivity index (χ1n) is 13.5. The number of pyridine rings is 2. The van der Waals surface area contributed by atoms with Gasteiger partial charge >= 0.3 is 5.97 Å². The minimum Gasteiger partial charge on any atom is -0.486 e. The van der Waals surface area contributed by atoms with Gasteiger partial charge in [0.15, 0.2) is 25.4 Å². The largest absolute Gasteiger partial charge is 0.486 e. The second-order valence-electron chi connectivity index (χ2n) is 11.4. The lowest BCUT2D eigenvalue weighted by Crippen LogP contribution is -2.51. The van der Waals surface area contributed by atoms with Gasteiger partial charge in [0.25, 0.3) is 5.56 Å². The summed E-state index contributed by atoms with van der Waals surface area (Å²) in [6, 6.07) is 5.82. The molecule has 1 aromatic carbocycles. The number of esters is 1. The summed E-state index contributed by atoms with van der Waals surface area (Å²) in [7, 11) is -2.22. The molecular weight excluding hydrogens is 528 g/mol. The molecule has 0 aliphatic carbocycles. The van der Waals surface area contributed by atoms with Crippen LogP contribution in [0.5, 0.6) is 11.5 Å². The molecule has 7 rings (SSSR count). The number of hydrogen-bond acceptors (Lipinski definition) is 8. The van der Waals surface area contributed by atoms with Crippen LogP contribution in [0.4, 0.5) is 0 Å². The number of aromatic nitrogens is 4. The second-order valence-corrected chi connectivity index (χ2v) is 15.9. The van der Waals surface area contributed by atoms with Gasteiger partial charge < -0.3 is 27.8 Å². The average molecular weight is 559 g/mol. The highest BCUT2D eigenvalue weighted by molar-refractivity contribution is 6.70. The molecule has 0 amide bonds. The van der Waals surface area contributed by atoms with E-state index in [4.69, 9.17) is 23.6 Å². The molecule has 1 atom stereocenters. The molecule has 0 spiro atoms. The average Bonchev–Trinajstić information content (AvgIpc) is 3.57. The highest BCUT2D eigenvalue weighted by Crippen LogP contribution is 2.44. The van der Waals surface area contributed by atoms with Crippen LogP contribution in [0.15, 0.2) is 41.7 Å². The molecule has 0 fully saturated rings. The molecule has 0 saturated heterocycles. The fourth-order valence-electron chi connectivity index (χ4n) is 6.12. The van der Waals surface area contributed by atoms with E-state index >= 15 is 0 Å². The van der Waals surface area contributed by atoms with E-state index in [2.05, 4.69) is 4.98 Å². The summed E-state index contributed by atoms with van der Waals surface area (Å²) in [6.07, 6.45) is 5.79. The molecule has 206 valence electrons. The van der Waals surface area contributed by atoms with Crippen molar-refractivity contribution in [2.75, 3.05) is 13.2 Å². The molecule has 11 heteroatoms. The van der Waals surface area contributed by atoms with Crippen molar-refractivity contribution >= 4 is 25.2 Å². The van der Waals surface area contributed by atoms with E-state index in [-0.39, 0.29) is 12.2 Å². The van der Waals surface area contributed by atoms with Crippen molar-refractivity contribution in [1.29, 1.82) is 0 Å². The molecule has 40 heavy (non-hydrogen) atoms. The first kappa shape index (κ1) is 25.0.